The van der Waals surface area contributed by atoms with Crippen molar-refractivity contribution >= 4 is 17.3 Å². The molecule has 0 spiro atoms. The first kappa shape index (κ1) is 21.7. The van der Waals surface area contributed by atoms with Crippen LogP contribution in [0.25, 0.3) is 0 Å². The Labute approximate surface area is 181 Å². The van der Waals surface area contributed by atoms with E-state index in [2.05, 4.69) is 27.4 Å². The van der Waals surface area contributed by atoms with Crippen LogP contribution in [0.15, 0.2) is 23.8 Å². The van der Waals surface area contributed by atoms with Gasteiger partial charge >= 0.3 is 0 Å². The second-order valence-corrected chi connectivity index (χ2v) is 11.4. The van der Waals surface area contributed by atoms with Gasteiger partial charge in [0.25, 0.3) is 0 Å². The van der Waals surface area contributed by atoms with Crippen LogP contribution in [-0.4, -0.2) is 17.3 Å². The molecule has 3 nitrogen and oxygen atoms in total. The highest BCUT2D eigenvalue weighted by Crippen LogP contribution is 2.67. The van der Waals surface area contributed by atoms with Gasteiger partial charge in [-0.3, -0.25) is 14.4 Å². The lowest BCUT2D eigenvalue weighted by Gasteiger charge is -2.57. The van der Waals surface area contributed by atoms with E-state index in [4.69, 9.17) is 0 Å². The van der Waals surface area contributed by atoms with E-state index in [1.807, 2.05) is 6.92 Å². The topological polar surface area (TPSA) is 51.2 Å². The molecule has 0 bridgehead atoms. The molecule has 0 heterocycles. The first-order chi connectivity index (χ1) is 14.1. The van der Waals surface area contributed by atoms with Crippen molar-refractivity contribution < 1.29 is 14.4 Å². The summed E-state index contributed by atoms with van der Waals surface area (Å²) in [7, 11) is 0. The van der Waals surface area contributed by atoms with Crippen LogP contribution < -0.4 is 0 Å². The zero-order valence-corrected chi connectivity index (χ0v) is 19.3. The van der Waals surface area contributed by atoms with Gasteiger partial charge in [0.05, 0.1) is 0 Å². The minimum Gasteiger partial charge on any atom is -0.295 e. The average Bonchev–Trinajstić information content (AvgIpc) is 3.04. The lowest BCUT2D eigenvalue weighted by atomic mass is 9.46. The number of carbonyl (C=O) groups excluding carboxylic acids is 3. The molecule has 7 atom stereocenters. The Morgan fingerprint density at radius 2 is 1.90 bits per heavy atom. The van der Waals surface area contributed by atoms with Crippen LogP contribution in [0.3, 0.4) is 0 Å². The number of carbonyl (C=O) groups is 3. The van der Waals surface area contributed by atoms with E-state index in [-0.39, 0.29) is 28.2 Å². The fourth-order valence-corrected chi connectivity index (χ4v) is 8.14. The Bertz CT molecular complexity index is 820. The molecule has 0 aliphatic heterocycles. The van der Waals surface area contributed by atoms with Crippen molar-refractivity contribution in [1.29, 1.82) is 0 Å². The Kier molecular flexibility index (Phi) is 5.48. The van der Waals surface area contributed by atoms with Gasteiger partial charge in [-0.05, 0) is 97.5 Å². The zero-order valence-electron chi connectivity index (χ0n) is 19.3. The summed E-state index contributed by atoms with van der Waals surface area (Å²) in [5, 5.41) is 0. The summed E-state index contributed by atoms with van der Waals surface area (Å²) < 4.78 is 0. The molecule has 0 aromatic carbocycles. The SMILES string of the molecule is C=C(C)C(=O)CC[C@@H](C)C1CCC2C3CC(=O)C4=CC(=O)CCC4(C)C3CCC21C. The van der Waals surface area contributed by atoms with Gasteiger partial charge in [0, 0.05) is 24.8 Å². The molecule has 30 heavy (non-hydrogen) atoms. The van der Waals surface area contributed by atoms with Gasteiger partial charge in [0.15, 0.2) is 17.3 Å². The van der Waals surface area contributed by atoms with Crippen molar-refractivity contribution in [3.05, 3.63) is 23.8 Å². The standard InChI is InChI=1S/C27H38O3/c1-16(2)24(29)9-6-17(3)20-7-8-21-19-15-25(30)23-14-18(28)10-12-27(23,5)22(19)11-13-26(20,21)4/h14,17,19-22H,1,6-13,15H2,2-5H3/t17-,19?,20?,21?,22?,26?,27?/m1/s1. The number of hydrogen-bond acceptors (Lipinski definition) is 3. The highest BCUT2D eigenvalue weighted by atomic mass is 16.1. The molecule has 0 aromatic rings. The van der Waals surface area contributed by atoms with Crippen LogP contribution in [0.4, 0.5) is 0 Å². The average molecular weight is 411 g/mol. The van der Waals surface area contributed by atoms with Crippen LogP contribution in [0.2, 0.25) is 0 Å². The molecular weight excluding hydrogens is 372 g/mol. The Morgan fingerprint density at radius 1 is 1.17 bits per heavy atom. The maximum atomic E-state index is 13.1. The number of Topliss-reactive ketones (excluding diaryl/α,β-unsaturated/α-hetero) is 2. The summed E-state index contributed by atoms with van der Waals surface area (Å²) in [6.45, 7) is 12.7. The maximum Gasteiger partial charge on any atom is 0.159 e. The van der Waals surface area contributed by atoms with Crippen molar-refractivity contribution in [3.8, 4) is 0 Å². The third kappa shape index (κ3) is 3.28. The summed E-state index contributed by atoms with van der Waals surface area (Å²) in [4.78, 5) is 37.2. The van der Waals surface area contributed by atoms with Gasteiger partial charge in [-0.1, -0.05) is 27.4 Å². The zero-order chi connectivity index (χ0) is 21.8. The minimum absolute atomic E-state index is 0.104. The second-order valence-electron chi connectivity index (χ2n) is 11.4. The van der Waals surface area contributed by atoms with Gasteiger partial charge in [-0.2, -0.15) is 0 Å². The molecule has 3 heteroatoms. The Morgan fingerprint density at radius 3 is 2.60 bits per heavy atom. The molecule has 0 saturated heterocycles. The van der Waals surface area contributed by atoms with E-state index >= 15 is 0 Å². The molecule has 164 valence electrons. The van der Waals surface area contributed by atoms with Crippen molar-refractivity contribution in [2.45, 2.75) is 85.5 Å². The summed E-state index contributed by atoms with van der Waals surface area (Å²) in [5.41, 5.74) is 1.68. The fraction of sp³-hybridized carbons (Fsp3) is 0.741. The van der Waals surface area contributed by atoms with E-state index in [1.165, 1.54) is 25.7 Å². The monoisotopic (exact) mass is 410 g/mol. The summed E-state index contributed by atoms with van der Waals surface area (Å²) >= 11 is 0. The highest BCUT2D eigenvalue weighted by Gasteiger charge is 2.61. The molecular formula is C27H38O3. The molecule has 6 unspecified atom stereocenters. The summed E-state index contributed by atoms with van der Waals surface area (Å²) in [5.74, 6) is 3.32. The number of rotatable bonds is 5. The molecule has 0 amide bonds. The minimum atomic E-state index is -0.104. The van der Waals surface area contributed by atoms with Crippen molar-refractivity contribution in [3.63, 3.8) is 0 Å². The van der Waals surface area contributed by atoms with Crippen molar-refractivity contribution in [2.24, 2.45) is 40.4 Å². The third-order valence-electron chi connectivity index (χ3n) is 9.85. The fourth-order valence-electron chi connectivity index (χ4n) is 8.14. The normalized spacial score (nSPS) is 41.4. The van der Waals surface area contributed by atoms with E-state index in [9.17, 15) is 14.4 Å². The van der Waals surface area contributed by atoms with E-state index < -0.39 is 0 Å². The number of fused-ring (bicyclic) bond motifs is 5. The smallest absolute Gasteiger partial charge is 0.159 e. The van der Waals surface area contributed by atoms with Crippen LogP contribution in [-0.2, 0) is 14.4 Å². The first-order valence-electron chi connectivity index (χ1n) is 12.0. The molecule has 0 N–H and O–H groups in total. The summed E-state index contributed by atoms with van der Waals surface area (Å²) in [6, 6.07) is 0. The number of hydrogen-bond donors (Lipinski definition) is 0. The van der Waals surface area contributed by atoms with Crippen LogP contribution in [0, 0.1) is 40.4 Å². The van der Waals surface area contributed by atoms with E-state index in [0.717, 1.165) is 18.4 Å². The van der Waals surface area contributed by atoms with Crippen LogP contribution in [0.1, 0.15) is 85.5 Å². The Balaban J connectivity index is 1.54. The first-order valence-corrected chi connectivity index (χ1v) is 12.0. The second kappa shape index (κ2) is 7.57. The quantitative estimate of drug-likeness (QED) is 0.532. The largest absolute Gasteiger partial charge is 0.295 e. The van der Waals surface area contributed by atoms with Gasteiger partial charge in [0.1, 0.15) is 0 Å². The molecule has 4 rings (SSSR count). The predicted molar refractivity (Wildman–Crippen MR) is 119 cm³/mol. The Hall–Kier alpha value is -1.51. The number of allylic oxidation sites excluding steroid dienone is 2. The number of ketones is 3. The van der Waals surface area contributed by atoms with Gasteiger partial charge < -0.3 is 0 Å². The van der Waals surface area contributed by atoms with Crippen LogP contribution in [0.5, 0.6) is 0 Å². The molecule has 4 aliphatic carbocycles. The molecule has 3 fully saturated rings. The van der Waals surface area contributed by atoms with Gasteiger partial charge in [0.2, 0.25) is 0 Å². The molecule has 0 aromatic heterocycles. The van der Waals surface area contributed by atoms with Crippen molar-refractivity contribution in [2.75, 3.05) is 0 Å². The third-order valence-corrected chi connectivity index (χ3v) is 9.85. The van der Waals surface area contributed by atoms with E-state index in [0.29, 0.717) is 54.4 Å². The molecule has 4 aliphatic rings. The summed E-state index contributed by atoms with van der Waals surface area (Å²) in [6.07, 6.45) is 10.1. The molecule has 0 radical (unpaired) electrons. The van der Waals surface area contributed by atoms with Gasteiger partial charge in [-0.25, -0.2) is 0 Å². The highest BCUT2D eigenvalue weighted by molar-refractivity contribution is 6.05. The maximum absolute atomic E-state index is 13.1. The van der Waals surface area contributed by atoms with Gasteiger partial charge in [-0.15, -0.1) is 0 Å². The van der Waals surface area contributed by atoms with Crippen molar-refractivity contribution in [1.82, 2.24) is 0 Å². The van der Waals surface area contributed by atoms with Crippen LogP contribution >= 0.6 is 0 Å². The molecule has 3 saturated carbocycles. The van der Waals surface area contributed by atoms with E-state index in [1.54, 1.807) is 6.08 Å². The lowest BCUT2D eigenvalue weighted by Crippen LogP contribution is -2.53. The predicted octanol–water partition coefficient (Wildman–Crippen LogP) is 5.88. The lowest BCUT2D eigenvalue weighted by molar-refractivity contribution is -0.131.